The lowest BCUT2D eigenvalue weighted by atomic mass is 10.00. The molecule has 0 fully saturated rings. The Morgan fingerprint density at radius 1 is 1.00 bits per heavy atom. The van der Waals surface area contributed by atoms with Gasteiger partial charge in [0.2, 0.25) is 0 Å². The minimum atomic E-state index is -0.314. The molecule has 1 heterocycles. The van der Waals surface area contributed by atoms with Crippen LogP contribution in [0.15, 0.2) is 54.6 Å². The molecule has 3 aromatic carbocycles. The van der Waals surface area contributed by atoms with Crippen LogP contribution in [0.3, 0.4) is 0 Å². The highest BCUT2D eigenvalue weighted by Crippen LogP contribution is 2.32. The van der Waals surface area contributed by atoms with Gasteiger partial charge in [0.05, 0.1) is 37.8 Å². The van der Waals surface area contributed by atoms with E-state index in [0.717, 1.165) is 38.9 Å². The van der Waals surface area contributed by atoms with Gasteiger partial charge in [-0.15, -0.1) is 0 Å². The molecule has 210 valence electrons. The van der Waals surface area contributed by atoms with Crippen molar-refractivity contribution in [1.82, 2.24) is 9.78 Å². The minimum absolute atomic E-state index is 0.0587. The lowest BCUT2D eigenvalue weighted by Crippen LogP contribution is -2.12. The fourth-order valence-corrected chi connectivity index (χ4v) is 4.66. The van der Waals surface area contributed by atoms with Crippen LogP contribution in [0.5, 0.6) is 11.5 Å². The summed E-state index contributed by atoms with van der Waals surface area (Å²) in [5, 5.41) is 13.8. The molecule has 0 amide bonds. The molecule has 9 nitrogen and oxygen atoms in total. The average Bonchev–Trinajstić information content (AvgIpc) is 3.30. The fourth-order valence-electron chi connectivity index (χ4n) is 4.66. The second-order valence-corrected chi connectivity index (χ2v) is 9.69. The molecule has 0 aliphatic heterocycles. The van der Waals surface area contributed by atoms with E-state index in [4.69, 9.17) is 35.2 Å². The highest BCUT2D eigenvalue weighted by Gasteiger charge is 2.17. The smallest absolute Gasteiger partial charge is 0.310 e. The molecule has 0 saturated heterocycles. The molecule has 0 spiro atoms. The van der Waals surface area contributed by atoms with Crippen LogP contribution in [-0.4, -0.2) is 42.4 Å². The van der Waals surface area contributed by atoms with Gasteiger partial charge in [-0.3, -0.25) is 14.9 Å². The van der Waals surface area contributed by atoms with Crippen molar-refractivity contribution < 1.29 is 23.7 Å². The number of amidine groups is 1. The molecule has 3 N–H and O–H groups in total. The number of nitrogen functional groups attached to an aromatic ring is 1. The van der Waals surface area contributed by atoms with Crippen LogP contribution in [0.2, 0.25) is 0 Å². The number of esters is 1. The van der Waals surface area contributed by atoms with Gasteiger partial charge in [-0.1, -0.05) is 18.2 Å². The van der Waals surface area contributed by atoms with Crippen molar-refractivity contribution in [1.29, 1.82) is 5.41 Å². The summed E-state index contributed by atoms with van der Waals surface area (Å²) in [5.74, 6) is 0.772. The first-order chi connectivity index (χ1) is 19.2. The minimum Gasteiger partial charge on any atom is -0.496 e. The number of hydrogen-bond donors (Lipinski definition) is 2. The topological polar surface area (TPSA) is 122 Å². The van der Waals surface area contributed by atoms with E-state index in [1.54, 1.807) is 21.1 Å². The second-order valence-electron chi connectivity index (χ2n) is 9.69. The monoisotopic (exact) mass is 544 g/mol. The number of methoxy groups -OCH3 is 2. The van der Waals surface area contributed by atoms with E-state index in [9.17, 15) is 4.79 Å². The normalized spacial score (nSPS) is 11.2. The van der Waals surface area contributed by atoms with Gasteiger partial charge >= 0.3 is 5.97 Å². The first-order valence-corrected chi connectivity index (χ1v) is 13.2. The van der Waals surface area contributed by atoms with Crippen LogP contribution >= 0.6 is 0 Å². The molecule has 0 aliphatic carbocycles. The number of nitrogens with one attached hydrogen (secondary N) is 1. The molecule has 0 unspecified atom stereocenters. The molecule has 0 aliphatic rings. The molecule has 0 saturated carbocycles. The maximum Gasteiger partial charge on any atom is 0.310 e. The molecule has 1 aromatic heterocycles. The summed E-state index contributed by atoms with van der Waals surface area (Å²) < 4.78 is 24.1. The summed E-state index contributed by atoms with van der Waals surface area (Å²) >= 11 is 0. The fraction of sp³-hybridized carbons (Fsp3) is 0.323. The van der Waals surface area contributed by atoms with E-state index < -0.39 is 0 Å². The first kappa shape index (κ1) is 28.6. The molecule has 0 bridgehead atoms. The van der Waals surface area contributed by atoms with Gasteiger partial charge in [-0.25, -0.2) is 0 Å². The van der Waals surface area contributed by atoms with Gasteiger partial charge in [0.15, 0.2) is 0 Å². The SMILES string of the molecule is CCOC(=O)Cc1cc(COC)ccc1OCc1nn(C(C)C)c2ccc(-c3ccc(OC)c(C(=N)N)c3)cc12. The maximum atomic E-state index is 12.3. The van der Waals surface area contributed by atoms with Crippen LogP contribution in [0, 0.1) is 5.41 Å². The predicted octanol–water partition coefficient (Wildman–Crippen LogP) is 5.41. The lowest BCUT2D eigenvalue weighted by Gasteiger charge is -2.13. The zero-order chi connectivity index (χ0) is 28.8. The molecule has 0 radical (unpaired) electrons. The first-order valence-electron chi connectivity index (χ1n) is 13.2. The zero-order valence-electron chi connectivity index (χ0n) is 23.6. The molecular formula is C31H36N4O5. The zero-order valence-corrected chi connectivity index (χ0v) is 23.6. The number of hydrogen-bond acceptors (Lipinski definition) is 7. The van der Waals surface area contributed by atoms with E-state index in [1.807, 2.05) is 53.2 Å². The Kier molecular flexibility index (Phi) is 9.06. The Bertz CT molecular complexity index is 1530. The summed E-state index contributed by atoms with van der Waals surface area (Å²) in [7, 11) is 3.19. The molecule has 9 heteroatoms. The third-order valence-corrected chi connectivity index (χ3v) is 6.54. The summed E-state index contributed by atoms with van der Waals surface area (Å²) in [4.78, 5) is 12.3. The standard InChI is InChI=1S/C31H36N4O5/c1-6-39-30(36)16-23-13-20(17-37-4)7-11-28(23)40-18-26-24-14-21(8-10-27(24)35(34-26)19(2)3)22-9-12-29(38-5)25(15-22)31(32)33/h7-15,19H,6,16-18H2,1-5H3,(H3,32,33). The van der Waals surface area contributed by atoms with E-state index >= 15 is 0 Å². The predicted molar refractivity (Wildman–Crippen MR) is 155 cm³/mol. The molecule has 4 aromatic rings. The average molecular weight is 545 g/mol. The number of aromatic nitrogens is 2. The van der Waals surface area contributed by atoms with Crippen molar-refractivity contribution in [3.63, 3.8) is 0 Å². The van der Waals surface area contributed by atoms with Crippen LogP contribution in [0.4, 0.5) is 0 Å². The third-order valence-electron chi connectivity index (χ3n) is 6.54. The number of ether oxygens (including phenoxy) is 4. The van der Waals surface area contributed by atoms with Crippen LogP contribution in [0.1, 0.15) is 49.2 Å². The van der Waals surface area contributed by atoms with Crippen molar-refractivity contribution in [3.8, 4) is 22.6 Å². The highest BCUT2D eigenvalue weighted by atomic mass is 16.5. The number of nitrogens with zero attached hydrogens (tertiary/aromatic N) is 2. The maximum absolute atomic E-state index is 12.3. The van der Waals surface area contributed by atoms with E-state index in [-0.39, 0.29) is 30.9 Å². The van der Waals surface area contributed by atoms with E-state index in [2.05, 4.69) is 19.9 Å². The van der Waals surface area contributed by atoms with Crippen LogP contribution in [-0.2, 0) is 33.9 Å². The largest absolute Gasteiger partial charge is 0.496 e. The van der Waals surface area contributed by atoms with E-state index in [1.165, 1.54) is 0 Å². The number of carbonyl (C=O) groups excluding carboxylic acids is 1. The summed E-state index contributed by atoms with van der Waals surface area (Å²) in [6, 6.07) is 17.6. The number of carbonyl (C=O) groups is 1. The van der Waals surface area contributed by atoms with Gasteiger partial charge in [0.1, 0.15) is 29.6 Å². The van der Waals surface area contributed by atoms with Crippen molar-refractivity contribution in [2.45, 2.75) is 46.4 Å². The molecule has 0 atom stereocenters. The van der Waals surface area contributed by atoms with Gasteiger partial charge in [-0.05, 0) is 73.9 Å². The van der Waals surface area contributed by atoms with Crippen LogP contribution in [0.25, 0.3) is 22.0 Å². The molecule has 40 heavy (non-hydrogen) atoms. The Morgan fingerprint density at radius 2 is 1.73 bits per heavy atom. The molecule has 4 rings (SSSR count). The quantitative estimate of drug-likeness (QED) is 0.139. The number of nitrogens with two attached hydrogens (primary N) is 1. The van der Waals surface area contributed by atoms with Crippen molar-refractivity contribution in [2.75, 3.05) is 20.8 Å². The summed E-state index contributed by atoms with van der Waals surface area (Å²) in [5.41, 5.74) is 11.6. The van der Waals surface area contributed by atoms with Gasteiger partial charge in [0.25, 0.3) is 0 Å². The Labute approximate surface area is 234 Å². The Hall–Kier alpha value is -4.37. The van der Waals surface area contributed by atoms with Crippen molar-refractivity contribution in [2.24, 2.45) is 5.73 Å². The Balaban J connectivity index is 1.71. The molecular weight excluding hydrogens is 508 g/mol. The van der Waals surface area contributed by atoms with Crippen molar-refractivity contribution in [3.05, 3.63) is 77.0 Å². The third kappa shape index (κ3) is 6.26. The highest BCUT2D eigenvalue weighted by molar-refractivity contribution is 5.99. The summed E-state index contributed by atoms with van der Waals surface area (Å²) in [6.45, 7) is 6.91. The van der Waals surface area contributed by atoms with Crippen LogP contribution < -0.4 is 15.2 Å². The van der Waals surface area contributed by atoms with Crippen molar-refractivity contribution >= 4 is 22.7 Å². The van der Waals surface area contributed by atoms with E-state index in [0.29, 0.717) is 30.3 Å². The number of rotatable bonds is 12. The van der Waals surface area contributed by atoms with Gasteiger partial charge in [-0.2, -0.15) is 5.10 Å². The van der Waals surface area contributed by atoms with Gasteiger partial charge < -0.3 is 24.7 Å². The van der Waals surface area contributed by atoms with Gasteiger partial charge in [0, 0.05) is 24.1 Å². The number of fused-ring (bicyclic) bond motifs is 1. The summed E-state index contributed by atoms with van der Waals surface area (Å²) in [6.07, 6.45) is 0.0992. The lowest BCUT2D eigenvalue weighted by molar-refractivity contribution is -0.142. The number of benzene rings is 3. The second kappa shape index (κ2) is 12.7. The Morgan fingerprint density at radius 3 is 2.40 bits per heavy atom.